The molecule has 0 saturated carbocycles. The molecule has 2 aromatic rings. The molecule has 1 unspecified atom stereocenters. The maximum atomic E-state index is 11.1. The summed E-state index contributed by atoms with van der Waals surface area (Å²) in [4.78, 5) is 11.1. The summed E-state index contributed by atoms with van der Waals surface area (Å²) in [6.45, 7) is 1.87. The maximum absolute atomic E-state index is 11.1. The average molecular weight is 269 g/mol. The minimum Gasteiger partial charge on any atom is -0.480 e. The highest BCUT2D eigenvalue weighted by Gasteiger charge is 2.15. The lowest BCUT2D eigenvalue weighted by molar-refractivity contribution is -0.137. The minimum atomic E-state index is -0.818. The van der Waals surface area contributed by atoms with E-state index in [1.807, 2.05) is 49.4 Å². The Labute approximate surface area is 119 Å². The molecule has 3 nitrogen and oxygen atoms in total. The van der Waals surface area contributed by atoms with Gasteiger partial charge >= 0.3 is 5.97 Å². The minimum absolute atomic E-state index is 0.549. The first-order valence-corrected chi connectivity index (χ1v) is 6.82. The highest BCUT2D eigenvalue weighted by atomic mass is 16.4. The van der Waals surface area contributed by atoms with Crippen molar-refractivity contribution < 1.29 is 9.90 Å². The van der Waals surface area contributed by atoms with Crippen molar-refractivity contribution in [1.29, 1.82) is 0 Å². The molecule has 2 N–H and O–H groups in total. The molecule has 0 aromatic heterocycles. The Morgan fingerprint density at radius 1 is 1.10 bits per heavy atom. The molecule has 0 radical (unpaired) electrons. The number of aliphatic carboxylic acids is 1. The second-order valence-electron chi connectivity index (χ2n) is 4.76. The van der Waals surface area contributed by atoms with Gasteiger partial charge in [0.1, 0.15) is 6.04 Å². The third-order valence-corrected chi connectivity index (χ3v) is 3.29. The van der Waals surface area contributed by atoms with Gasteiger partial charge in [-0.1, -0.05) is 55.5 Å². The molecule has 104 valence electrons. The first-order chi connectivity index (χ1) is 9.70. The van der Waals surface area contributed by atoms with E-state index in [0.29, 0.717) is 6.42 Å². The van der Waals surface area contributed by atoms with E-state index in [1.165, 1.54) is 5.56 Å². The Balaban J connectivity index is 2.20. The number of carbonyl (C=O) groups is 1. The molecule has 0 bridgehead atoms. The van der Waals surface area contributed by atoms with Crippen molar-refractivity contribution in [2.75, 3.05) is 5.32 Å². The zero-order valence-corrected chi connectivity index (χ0v) is 11.5. The molecule has 0 heterocycles. The average Bonchev–Trinajstić information content (AvgIpc) is 2.47. The van der Waals surface area contributed by atoms with E-state index < -0.39 is 12.0 Å². The van der Waals surface area contributed by atoms with Gasteiger partial charge in [-0.2, -0.15) is 0 Å². The van der Waals surface area contributed by atoms with E-state index in [1.54, 1.807) is 0 Å². The monoisotopic (exact) mass is 269 g/mol. The zero-order valence-electron chi connectivity index (χ0n) is 11.5. The van der Waals surface area contributed by atoms with Crippen LogP contribution in [0.4, 0.5) is 5.69 Å². The number of carboxylic acid groups (broad SMARTS) is 1. The van der Waals surface area contributed by atoms with Crippen molar-refractivity contribution >= 4 is 11.7 Å². The first kappa shape index (κ1) is 14.1. The molecule has 0 fully saturated rings. The van der Waals surface area contributed by atoms with Gasteiger partial charge in [-0.3, -0.25) is 0 Å². The molecule has 0 amide bonds. The van der Waals surface area contributed by atoms with E-state index in [0.717, 1.165) is 17.7 Å². The van der Waals surface area contributed by atoms with E-state index in [4.69, 9.17) is 5.11 Å². The Morgan fingerprint density at radius 3 is 2.40 bits per heavy atom. The summed E-state index contributed by atoms with van der Waals surface area (Å²) in [7, 11) is 0. The van der Waals surface area contributed by atoms with Gasteiger partial charge < -0.3 is 10.4 Å². The highest BCUT2D eigenvalue weighted by Crippen LogP contribution is 2.20. The number of hydrogen-bond acceptors (Lipinski definition) is 2. The summed E-state index contributed by atoms with van der Waals surface area (Å²) in [5.74, 6) is -0.818. The summed E-state index contributed by atoms with van der Waals surface area (Å²) in [6, 6.07) is 17.5. The summed E-state index contributed by atoms with van der Waals surface area (Å²) in [6.07, 6.45) is 1.34. The molecule has 0 aliphatic rings. The molecule has 2 aromatic carbocycles. The summed E-state index contributed by atoms with van der Waals surface area (Å²) < 4.78 is 0. The fraction of sp³-hybridized carbons (Fsp3) is 0.235. The third-order valence-electron chi connectivity index (χ3n) is 3.29. The van der Waals surface area contributed by atoms with Gasteiger partial charge in [-0.25, -0.2) is 4.79 Å². The highest BCUT2D eigenvalue weighted by molar-refractivity contribution is 5.77. The first-order valence-electron chi connectivity index (χ1n) is 6.82. The predicted octanol–water partition coefficient (Wildman–Crippen LogP) is 3.55. The van der Waals surface area contributed by atoms with E-state index in [2.05, 4.69) is 17.4 Å². The number of nitrogens with one attached hydrogen (secondary N) is 1. The smallest absolute Gasteiger partial charge is 0.326 e. The van der Waals surface area contributed by atoms with Crippen LogP contribution in [0.15, 0.2) is 54.6 Å². The lowest BCUT2D eigenvalue weighted by Gasteiger charge is -2.17. The zero-order chi connectivity index (χ0) is 14.4. The van der Waals surface area contributed by atoms with E-state index >= 15 is 0 Å². The normalized spacial score (nSPS) is 11.8. The standard InChI is InChI=1S/C17H19NO2/c1-2-15(17(19)20)18-16-11-7-6-10-14(16)12-13-8-4-3-5-9-13/h3-11,15,18H,2,12H2,1H3,(H,19,20). The van der Waals surface area contributed by atoms with Crippen molar-refractivity contribution in [2.24, 2.45) is 0 Å². The number of hydrogen-bond donors (Lipinski definition) is 2. The lowest BCUT2D eigenvalue weighted by atomic mass is 10.0. The van der Waals surface area contributed by atoms with Gasteiger partial charge in [0.25, 0.3) is 0 Å². The van der Waals surface area contributed by atoms with Crippen LogP contribution in [0.2, 0.25) is 0 Å². The van der Waals surface area contributed by atoms with Crippen molar-refractivity contribution in [3.8, 4) is 0 Å². The van der Waals surface area contributed by atoms with Gasteiger partial charge in [0.05, 0.1) is 0 Å². The van der Waals surface area contributed by atoms with Crippen molar-refractivity contribution in [3.05, 3.63) is 65.7 Å². The van der Waals surface area contributed by atoms with Gasteiger partial charge in [-0.05, 0) is 30.0 Å². The Morgan fingerprint density at radius 2 is 1.75 bits per heavy atom. The van der Waals surface area contributed by atoms with Crippen LogP contribution in [-0.4, -0.2) is 17.1 Å². The molecular formula is C17H19NO2. The second-order valence-corrected chi connectivity index (χ2v) is 4.76. The van der Waals surface area contributed by atoms with Crippen LogP contribution >= 0.6 is 0 Å². The topological polar surface area (TPSA) is 49.3 Å². The number of carboxylic acids is 1. The van der Waals surface area contributed by atoms with Crippen LogP contribution < -0.4 is 5.32 Å². The molecule has 0 aliphatic heterocycles. The van der Waals surface area contributed by atoms with Crippen LogP contribution in [0.3, 0.4) is 0 Å². The van der Waals surface area contributed by atoms with E-state index in [-0.39, 0.29) is 0 Å². The Bertz CT molecular complexity index is 566. The molecule has 0 aliphatic carbocycles. The number of benzene rings is 2. The molecule has 0 saturated heterocycles. The second kappa shape index (κ2) is 6.75. The van der Waals surface area contributed by atoms with Crippen molar-refractivity contribution in [2.45, 2.75) is 25.8 Å². The van der Waals surface area contributed by atoms with Gasteiger partial charge in [-0.15, -0.1) is 0 Å². The van der Waals surface area contributed by atoms with Gasteiger partial charge in [0, 0.05) is 5.69 Å². The molecule has 0 spiro atoms. The summed E-state index contributed by atoms with van der Waals surface area (Å²) >= 11 is 0. The largest absolute Gasteiger partial charge is 0.480 e. The van der Waals surface area contributed by atoms with Gasteiger partial charge in [0.2, 0.25) is 0 Å². The maximum Gasteiger partial charge on any atom is 0.326 e. The van der Waals surface area contributed by atoms with Crippen LogP contribution in [0, 0.1) is 0 Å². The number of anilines is 1. The SMILES string of the molecule is CCC(Nc1ccccc1Cc1ccccc1)C(=O)O. The van der Waals surface area contributed by atoms with Crippen LogP contribution in [0.5, 0.6) is 0 Å². The van der Waals surface area contributed by atoms with Crippen molar-refractivity contribution in [3.63, 3.8) is 0 Å². The molecule has 1 atom stereocenters. The summed E-state index contributed by atoms with van der Waals surface area (Å²) in [5.41, 5.74) is 3.22. The van der Waals surface area contributed by atoms with E-state index in [9.17, 15) is 4.79 Å². The van der Waals surface area contributed by atoms with Crippen molar-refractivity contribution in [1.82, 2.24) is 0 Å². The molecule has 20 heavy (non-hydrogen) atoms. The van der Waals surface area contributed by atoms with Crippen LogP contribution in [-0.2, 0) is 11.2 Å². The number of rotatable bonds is 6. The fourth-order valence-electron chi connectivity index (χ4n) is 2.16. The van der Waals surface area contributed by atoms with Crippen LogP contribution in [0.1, 0.15) is 24.5 Å². The lowest BCUT2D eigenvalue weighted by Crippen LogP contribution is -2.28. The Kier molecular flexibility index (Phi) is 4.77. The van der Waals surface area contributed by atoms with Gasteiger partial charge in [0.15, 0.2) is 0 Å². The van der Waals surface area contributed by atoms with Crippen LogP contribution in [0.25, 0.3) is 0 Å². The number of para-hydroxylation sites is 1. The third kappa shape index (κ3) is 3.60. The quantitative estimate of drug-likeness (QED) is 0.843. The summed E-state index contributed by atoms with van der Waals surface area (Å²) in [5, 5.41) is 12.3. The Hall–Kier alpha value is -2.29. The predicted molar refractivity (Wildman–Crippen MR) is 81.0 cm³/mol. The fourth-order valence-corrected chi connectivity index (χ4v) is 2.16. The molecule has 3 heteroatoms. The molecular weight excluding hydrogens is 250 g/mol. The molecule has 2 rings (SSSR count).